The zero-order chi connectivity index (χ0) is 14.5. The van der Waals surface area contributed by atoms with Crippen molar-refractivity contribution in [2.24, 2.45) is 0 Å². The summed E-state index contributed by atoms with van der Waals surface area (Å²) in [6, 6.07) is 13.0. The molecule has 0 saturated heterocycles. The van der Waals surface area contributed by atoms with Crippen molar-refractivity contribution in [2.75, 3.05) is 17.7 Å². The fourth-order valence-electron chi connectivity index (χ4n) is 1.96. The molecule has 0 aliphatic carbocycles. The van der Waals surface area contributed by atoms with E-state index in [9.17, 15) is 4.79 Å². The van der Waals surface area contributed by atoms with Crippen LogP contribution in [-0.2, 0) is 0 Å². The molecule has 2 aromatic rings. The molecule has 0 fully saturated rings. The van der Waals surface area contributed by atoms with Crippen LogP contribution in [0.3, 0.4) is 0 Å². The van der Waals surface area contributed by atoms with E-state index in [0.29, 0.717) is 17.9 Å². The summed E-state index contributed by atoms with van der Waals surface area (Å²) in [5, 5.41) is 3.24. The molecule has 104 valence electrons. The van der Waals surface area contributed by atoms with Crippen molar-refractivity contribution in [1.82, 2.24) is 0 Å². The number of nitrogen functional groups attached to an aromatic ring is 1. The molecule has 0 spiro atoms. The lowest BCUT2D eigenvalue weighted by Gasteiger charge is -2.10. The fraction of sp³-hybridized carbons (Fsp3) is 0.188. The number of benzene rings is 2. The number of nitrogens with two attached hydrogens (primary N) is 1. The van der Waals surface area contributed by atoms with Crippen LogP contribution in [0.25, 0.3) is 0 Å². The summed E-state index contributed by atoms with van der Waals surface area (Å²) in [5.41, 5.74) is 8.63. The second kappa shape index (κ2) is 6.10. The van der Waals surface area contributed by atoms with Gasteiger partial charge in [-0.3, -0.25) is 4.79 Å². The number of hydrogen-bond donors (Lipinski definition) is 2. The van der Waals surface area contributed by atoms with Crippen molar-refractivity contribution >= 4 is 22.8 Å². The predicted molar refractivity (Wildman–Crippen MR) is 81.8 cm³/mol. The standard InChI is InChI=1S/C16H18N2O2/c1-3-20-14-6-4-5-12(9-14)18-13-7-8-15(11(2)19)16(17)10-13/h4-10,18H,3,17H2,1-2H3. The highest BCUT2D eigenvalue weighted by atomic mass is 16.5. The van der Waals surface area contributed by atoms with E-state index in [-0.39, 0.29) is 5.78 Å². The normalized spacial score (nSPS) is 10.1. The van der Waals surface area contributed by atoms with Gasteiger partial charge in [0.1, 0.15) is 5.75 Å². The molecule has 0 bridgehead atoms. The van der Waals surface area contributed by atoms with Crippen LogP contribution in [0.5, 0.6) is 5.75 Å². The van der Waals surface area contributed by atoms with Gasteiger partial charge < -0.3 is 15.8 Å². The van der Waals surface area contributed by atoms with Crippen LogP contribution in [0.15, 0.2) is 42.5 Å². The Labute approximate surface area is 118 Å². The maximum absolute atomic E-state index is 11.3. The first-order chi connectivity index (χ1) is 9.60. The first kappa shape index (κ1) is 13.9. The van der Waals surface area contributed by atoms with E-state index in [0.717, 1.165) is 17.1 Å². The molecule has 4 nitrogen and oxygen atoms in total. The number of carbonyl (C=O) groups excluding carboxylic acids is 1. The lowest BCUT2D eigenvalue weighted by molar-refractivity contribution is 0.101. The molecule has 20 heavy (non-hydrogen) atoms. The highest BCUT2D eigenvalue weighted by Gasteiger charge is 2.05. The Balaban J connectivity index is 2.19. The minimum Gasteiger partial charge on any atom is -0.494 e. The van der Waals surface area contributed by atoms with E-state index in [1.165, 1.54) is 6.92 Å². The predicted octanol–water partition coefficient (Wildman–Crippen LogP) is 3.61. The second-order valence-corrected chi connectivity index (χ2v) is 4.44. The van der Waals surface area contributed by atoms with Gasteiger partial charge in [-0.25, -0.2) is 0 Å². The lowest BCUT2D eigenvalue weighted by Crippen LogP contribution is -2.01. The maximum Gasteiger partial charge on any atom is 0.161 e. The van der Waals surface area contributed by atoms with Gasteiger partial charge in [0, 0.05) is 28.7 Å². The van der Waals surface area contributed by atoms with Gasteiger partial charge in [-0.05, 0) is 44.2 Å². The molecule has 2 aromatic carbocycles. The van der Waals surface area contributed by atoms with Crippen LogP contribution >= 0.6 is 0 Å². The average molecular weight is 270 g/mol. The number of anilines is 3. The first-order valence-electron chi connectivity index (χ1n) is 6.50. The molecular weight excluding hydrogens is 252 g/mol. The van der Waals surface area contributed by atoms with Gasteiger partial charge in [-0.2, -0.15) is 0 Å². The van der Waals surface area contributed by atoms with E-state index in [4.69, 9.17) is 10.5 Å². The number of Topliss-reactive ketones (excluding diaryl/α,β-unsaturated/α-hetero) is 1. The Morgan fingerprint density at radius 3 is 2.60 bits per heavy atom. The number of ether oxygens (including phenoxy) is 1. The summed E-state index contributed by atoms with van der Waals surface area (Å²) in [6.07, 6.45) is 0. The van der Waals surface area contributed by atoms with Crippen molar-refractivity contribution in [3.63, 3.8) is 0 Å². The Hall–Kier alpha value is -2.49. The number of carbonyl (C=O) groups is 1. The largest absolute Gasteiger partial charge is 0.494 e. The Bertz CT molecular complexity index is 624. The zero-order valence-corrected chi connectivity index (χ0v) is 11.6. The summed E-state index contributed by atoms with van der Waals surface area (Å²) in [6.45, 7) is 4.08. The second-order valence-electron chi connectivity index (χ2n) is 4.44. The van der Waals surface area contributed by atoms with Gasteiger partial charge in [0.25, 0.3) is 0 Å². The van der Waals surface area contributed by atoms with Crippen LogP contribution in [0.4, 0.5) is 17.1 Å². The molecule has 0 aromatic heterocycles. The molecule has 0 heterocycles. The molecule has 0 unspecified atom stereocenters. The van der Waals surface area contributed by atoms with Gasteiger partial charge in [0.05, 0.1) is 6.61 Å². The molecule has 0 atom stereocenters. The molecule has 2 rings (SSSR count). The molecule has 0 amide bonds. The summed E-state index contributed by atoms with van der Waals surface area (Å²) in [5.74, 6) is 0.776. The van der Waals surface area contributed by atoms with Crippen molar-refractivity contribution in [3.05, 3.63) is 48.0 Å². The third-order valence-corrected chi connectivity index (χ3v) is 2.86. The summed E-state index contributed by atoms with van der Waals surface area (Å²) in [7, 11) is 0. The highest BCUT2D eigenvalue weighted by molar-refractivity contribution is 5.99. The maximum atomic E-state index is 11.3. The minimum absolute atomic E-state index is 0.0348. The SMILES string of the molecule is CCOc1cccc(Nc2ccc(C(C)=O)c(N)c2)c1. The van der Waals surface area contributed by atoms with Gasteiger partial charge in [-0.1, -0.05) is 6.07 Å². The molecule has 3 N–H and O–H groups in total. The lowest BCUT2D eigenvalue weighted by atomic mass is 10.1. The molecular formula is C16H18N2O2. The van der Waals surface area contributed by atoms with E-state index in [1.54, 1.807) is 12.1 Å². The van der Waals surface area contributed by atoms with Gasteiger partial charge in [0.2, 0.25) is 0 Å². The molecule has 4 heteroatoms. The van der Waals surface area contributed by atoms with E-state index in [2.05, 4.69) is 5.32 Å². The van der Waals surface area contributed by atoms with Crippen LogP contribution in [0.1, 0.15) is 24.2 Å². The van der Waals surface area contributed by atoms with Crippen molar-refractivity contribution < 1.29 is 9.53 Å². The minimum atomic E-state index is -0.0348. The summed E-state index contributed by atoms with van der Waals surface area (Å²) in [4.78, 5) is 11.3. The molecule has 0 saturated carbocycles. The van der Waals surface area contributed by atoms with E-state index in [1.807, 2.05) is 37.3 Å². The monoisotopic (exact) mass is 270 g/mol. The third-order valence-electron chi connectivity index (χ3n) is 2.86. The van der Waals surface area contributed by atoms with Gasteiger partial charge in [0.15, 0.2) is 5.78 Å². The van der Waals surface area contributed by atoms with Crippen LogP contribution in [0.2, 0.25) is 0 Å². The number of nitrogens with one attached hydrogen (secondary N) is 1. The average Bonchev–Trinajstić information content (AvgIpc) is 2.39. The fourth-order valence-corrected chi connectivity index (χ4v) is 1.96. The Kier molecular flexibility index (Phi) is 4.25. The summed E-state index contributed by atoms with van der Waals surface area (Å²) < 4.78 is 5.45. The number of hydrogen-bond acceptors (Lipinski definition) is 4. The Morgan fingerprint density at radius 1 is 1.20 bits per heavy atom. The number of ketones is 1. The molecule has 0 aliphatic rings. The van der Waals surface area contributed by atoms with Crippen LogP contribution < -0.4 is 15.8 Å². The summed E-state index contributed by atoms with van der Waals surface area (Å²) >= 11 is 0. The highest BCUT2D eigenvalue weighted by Crippen LogP contribution is 2.24. The van der Waals surface area contributed by atoms with E-state index < -0.39 is 0 Å². The van der Waals surface area contributed by atoms with Crippen LogP contribution in [0, 0.1) is 0 Å². The molecule has 0 radical (unpaired) electrons. The van der Waals surface area contributed by atoms with E-state index >= 15 is 0 Å². The first-order valence-corrected chi connectivity index (χ1v) is 6.50. The topological polar surface area (TPSA) is 64.3 Å². The van der Waals surface area contributed by atoms with Crippen LogP contribution in [-0.4, -0.2) is 12.4 Å². The third kappa shape index (κ3) is 3.29. The zero-order valence-electron chi connectivity index (χ0n) is 11.6. The van der Waals surface area contributed by atoms with Crippen molar-refractivity contribution in [2.45, 2.75) is 13.8 Å². The Morgan fingerprint density at radius 2 is 1.95 bits per heavy atom. The van der Waals surface area contributed by atoms with Gasteiger partial charge in [-0.15, -0.1) is 0 Å². The smallest absolute Gasteiger partial charge is 0.161 e. The van der Waals surface area contributed by atoms with Crippen molar-refractivity contribution in [1.29, 1.82) is 0 Å². The molecule has 0 aliphatic heterocycles. The van der Waals surface area contributed by atoms with Crippen molar-refractivity contribution in [3.8, 4) is 5.75 Å². The number of rotatable bonds is 5. The van der Waals surface area contributed by atoms with Gasteiger partial charge >= 0.3 is 0 Å². The quantitative estimate of drug-likeness (QED) is 0.643.